The molecule has 20 heavy (non-hydrogen) atoms. The van der Waals surface area contributed by atoms with Crippen molar-refractivity contribution in [3.8, 4) is 5.75 Å². The highest BCUT2D eigenvalue weighted by molar-refractivity contribution is 14.0. The monoisotopic (exact) mass is 391 g/mol. The fourth-order valence-electron chi connectivity index (χ4n) is 1.69. The molecule has 1 aromatic rings. The molecule has 0 radical (unpaired) electrons. The Morgan fingerprint density at radius 1 is 1.30 bits per heavy atom. The van der Waals surface area contributed by atoms with Crippen molar-refractivity contribution in [1.29, 1.82) is 0 Å². The second-order valence-corrected chi connectivity index (χ2v) is 5.60. The van der Waals surface area contributed by atoms with E-state index in [1.165, 1.54) is 5.56 Å². The molecule has 0 aliphatic carbocycles. The number of benzene rings is 1. The Kier molecular flexibility index (Phi) is 7.93. The van der Waals surface area contributed by atoms with Gasteiger partial charge in [-0.25, -0.2) is 0 Å². The number of aryl methyl sites for hydroxylation is 1. The van der Waals surface area contributed by atoms with E-state index in [9.17, 15) is 0 Å². The number of halogens is 1. The summed E-state index contributed by atoms with van der Waals surface area (Å²) in [5.41, 5.74) is 2.30. The van der Waals surface area contributed by atoms with Gasteiger partial charge in [-0.05, 0) is 44.9 Å². The third kappa shape index (κ3) is 6.45. The second kappa shape index (κ2) is 8.34. The van der Waals surface area contributed by atoms with E-state index in [1.54, 1.807) is 14.2 Å². The highest BCUT2D eigenvalue weighted by Gasteiger charge is 2.11. The number of methoxy groups -OCH3 is 1. The molecule has 0 unspecified atom stereocenters. The van der Waals surface area contributed by atoms with E-state index in [1.807, 2.05) is 13.0 Å². The van der Waals surface area contributed by atoms with Crippen molar-refractivity contribution in [1.82, 2.24) is 10.6 Å². The van der Waals surface area contributed by atoms with Gasteiger partial charge < -0.3 is 15.4 Å². The lowest BCUT2D eigenvalue weighted by Gasteiger charge is -2.23. The van der Waals surface area contributed by atoms with E-state index in [2.05, 4.69) is 48.5 Å². The predicted molar refractivity (Wildman–Crippen MR) is 96.2 cm³/mol. The van der Waals surface area contributed by atoms with Crippen LogP contribution in [0.25, 0.3) is 0 Å². The third-order valence-corrected chi connectivity index (χ3v) is 2.65. The summed E-state index contributed by atoms with van der Waals surface area (Å²) < 4.78 is 5.33. The van der Waals surface area contributed by atoms with Crippen LogP contribution in [0.4, 0.5) is 0 Å². The highest BCUT2D eigenvalue weighted by atomic mass is 127. The van der Waals surface area contributed by atoms with E-state index in [-0.39, 0.29) is 29.5 Å². The first-order valence-electron chi connectivity index (χ1n) is 6.48. The molecule has 0 fully saturated rings. The van der Waals surface area contributed by atoms with E-state index in [4.69, 9.17) is 4.74 Å². The fourth-order valence-corrected chi connectivity index (χ4v) is 1.69. The summed E-state index contributed by atoms with van der Waals surface area (Å²) in [5.74, 6) is 1.71. The lowest BCUT2D eigenvalue weighted by Crippen LogP contribution is -2.47. The van der Waals surface area contributed by atoms with Crippen molar-refractivity contribution >= 4 is 29.9 Å². The first-order chi connectivity index (χ1) is 8.85. The minimum absolute atomic E-state index is 0. The Bertz CT molecular complexity index is 453. The average Bonchev–Trinajstić information content (AvgIpc) is 2.34. The van der Waals surface area contributed by atoms with Crippen LogP contribution in [-0.2, 0) is 6.54 Å². The van der Waals surface area contributed by atoms with Crippen molar-refractivity contribution in [3.05, 3.63) is 29.3 Å². The van der Waals surface area contributed by atoms with Crippen LogP contribution in [0.1, 0.15) is 31.9 Å². The van der Waals surface area contributed by atoms with E-state index < -0.39 is 0 Å². The Hall–Kier alpha value is -0.980. The van der Waals surface area contributed by atoms with Crippen LogP contribution >= 0.6 is 24.0 Å². The number of ether oxygens (including phenoxy) is 1. The topological polar surface area (TPSA) is 45.7 Å². The van der Waals surface area contributed by atoms with Gasteiger partial charge in [0.25, 0.3) is 0 Å². The first-order valence-corrected chi connectivity index (χ1v) is 6.48. The Balaban J connectivity index is 0.00000361. The van der Waals surface area contributed by atoms with Gasteiger partial charge in [0, 0.05) is 19.1 Å². The van der Waals surface area contributed by atoms with Gasteiger partial charge in [0.1, 0.15) is 5.75 Å². The van der Waals surface area contributed by atoms with Gasteiger partial charge in [-0.15, -0.1) is 24.0 Å². The number of hydrogen-bond acceptors (Lipinski definition) is 2. The molecule has 5 heteroatoms. The largest absolute Gasteiger partial charge is 0.496 e. The number of nitrogens with zero attached hydrogens (tertiary/aromatic N) is 1. The van der Waals surface area contributed by atoms with Gasteiger partial charge in [0.2, 0.25) is 0 Å². The van der Waals surface area contributed by atoms with Gasteiger partial charge >= 0.3 is 0 Å². The van der Waals surface area contributed by atoms with Gasteiger partial charge in [-0.3, -0.25) is 4.99 Å². The summed E-state index contributed by atoms with van der Waals surface area (Å²) >= 11 is 0. The SMILES string of the molecule is CN=C(NCc1ccc(C)c(OC)c1)NC(C)(C)C.I. The van der Waals surface area contributed by atoms with E-state index >= 15 is 0 Å². The second-order valence-electron chi connectivity index (χ2n) is 5.60. The summed E-state index contributed by atoms with van der Waals surface area (Å²) in [4.78, 5) is 4.21. The molecular formula is C15H26IN3O. The number of nitrogens with one attached hydrogen (secondary N) is 2. The zero-order valence-corrected chi connectivity index (χ0v) is 15.5. The molecule has 0 saturated heterocycles. The lowest BCUT2D eigenvalue weighted by molar-refractivity contribution is 0.411. The van der Waals surface area contributed by atoms with Gasteiger partial charge in [-0.2, -0.15) is 0 Å². The minimum Gasteiger partial charge on any atom is -0.496 e. The predicted octanol–water partition coefficient (Wildman–Crippen LogP) is 3.09. The Morgan fingerprint density at radius 3 is 2.45 bits per heavy atom. The third-order valence-electron chi connectivity index (χ3n) is 2.65. The average molecular weight is 391 g/mol. The number of hydrogen-bond donors (Lipinski definition) is 2. The highest BCUT2D eigenvalue weighted by Crippen LogP contribution is 2.18. The van der Waals surface area contributed by atoms with Gasteiger partial charge in [-0.1, -0.05) is 12.1 Å². The Labute approximate surface area is 139 Å². The van der Waals surface area contributed by atoms with Crippen LogP contribution in [0.2, 0.25) is 0 Å². The van der Waals surface area contributed by atoms with Crippen molar-refractivity contribution in [2.45, 2.75) is 39.8 Å². The molecule has 0 aromatic heterocycles. The van der Waals surface area contributed by atoms with Crippen molar-refractivity contribution < 1.29 is 4.74 Å². The molecule has 114 valence electrons. The summed E-state index contributed by atoms with van der Waals surface area (Å²) in [5, 5.41) is 6.62. The van der Waals surface area contributed by atoms with E-state index in [0.717, 1.165) is 17.3 Å². The maximum atomic E-state index is 5.33. The Morgan fingerprint density at radius 2 is 1.95 bits per heavy atom. The van der Waals surface area contributed by atoms with Gasteiger partial charge in [0.15, 0.2) is 5.96 Å². The summed E-state index contributed by atoms with van der Waals surface area (Å²) in [6, 6.07) is 6.21. The van der Waals surface area contributed by atoms with Crippen molar-refractivity contribution in [3.63, 3.8) is 0 Å². The molecule has 4 nitrogen and oxygen atoms in total. The molecule has 0 spiro atoms. The maximum Gasteiger partial charge on any atom is 0.191 e. The normalized spacial score (nSPS) is 11.6. The zero-order valence-electron chi connectivity index (χ0n) is 13.2. The first kappa shape index (κ1) is 19.0. The van der Waals surface area contributed by atoms with Crippen LogP contribution in [-0.4, -0.2) is 25.7 Å². The molecule has 0 amide bonds. The van der Waals surface area contributed by atoms with E-state index in [0.29, 0.717) is 6.54 Å². The molecule has 2 N–H and O–H groups in total. The van der Waals surface area contributed by atoms with Crippen LogP contribution in [0.15, 0.2) is 23.2 Å². The smallest absolute Gasteiger partial charge is 0.191 e. The molecule has 0 heterocycles. The quantitative estimate of drug-likeness (QED) is 0.473. The van der Waals surface area contributed by atoms with Gasteiger partial charge in [0.05, 0.1) is 7.11 Å². The summed E-state index contributed by atoms with van der Waals surface area (Å²) in [6.07, 6.45) is 0. The lowest BCUT2D eigenvalue weighted by atomic mass is 10.1. The molecule has 0 aliphatic heterocycles. The fraction of sp³-hybridized carbons (Fsp3) is 0.533. The molecule has 0 bridgehead atoms. The molecule has 0 saturated carbocycles. The molecule has 0 aliphatic rings. The van der Waals surface area contributed by atoms with Crippen molar-refractivity contribution in [2.75, 3.05) is 14.2 Å². The van der Waals surface area contributed by atoms with Crippen LogP contribution < -0.4 is 15.4 Å². The van der Waals surface area contributed by atoms with Crippen LogP contribution in [0, 0.1) is 6.92 Å². The summed E-state index contributed by atoms with van der Waals surface area (Å²) in [7, 11) is 3.47. The molecule has 1 rings (SSSR count). The standard InChI is InChI=1S/C15H25N3O.HI/c1-11-7-8-12(9-13(11)19-6)10-17-14(16-5)18-15(2,3)4;/h7-9H,10H2,1-6H3,(H2,16,17,18);1H. The molecule has 0 atom stereocenters. The number of rotatable bonds is 3. The summed E-state index contributed by atoms with van der Waals surface area (Å²) in [6.45, 7) is 9.07. The molecule has 1 aromatic carbocycles. The number of guanidine groups is 1. The number of aliphatic imine (C=N–C) groups is 1. The minimum atomic E-state index is -0.00713. The zero-order chi connectivity index (χ0) is 14.5. The molecular weight excluding hydrogens is 365 g/mol. The van der Waals surface area contributed by atoms with Crippen LogP contribution in [0.3, 0.4) is 0 Å². The van der Waals surface area contributed by atoms with Crippen molar-refractivity contribution in [2.24, 2.45) is 4.99 Å². The maximum absolute atomic E-state index is 5.33. The van der Waals surface area contributed by atoms with Crippen LogP contribution in [0.5, 0.6) is 5.75 Å².